The molecule has 0 unspecified atom stereocenters. The lowest BCUT2D eigenvalue weighted by atomic mass is 10.0. The molecule has 0 aliphatic heterocycles. The Balaban J connectivity index is 2.29. The number of rotatable bonds is 4. The number of hydrogen-bond donors (Lipinski definition) is 1. The molecule has 1 aliphatic carbocycles. The fourth-order valence-electron chi connectivity index (χ4n) is 1.91. The summed E-state index contributed by atoms with van der Waals surface area (Å²) in [7, 11) is 1.55. The van der Waals surface area contributed by atoms with Gasteiger partial charge >= 0.3 is 5.97 Å². The van der Waals surface area contributed by atoms with Gasteiger partial charge in [-0.1, -0.05) is 12.8 Å². The Hall–Kier alpha value is -1.06. The van der Waals surface area contributed by atoms with Crippen LogP contribution in [0.15, 0.2) is 0 Å². The fraction of sp³-hybridized carbons (Fsp3) is 0.800. The topological polar surface area (TPSA) is 57.6 Å². The predicted octanol–water partition coefficient (Wildman–Crippen LogP) is 1.11. The van der Waals surface area contributed by atoms with Crippen LogP contribution in [0.5, 0.6) is 0 Å². The Labute approximate surface area is 83.9 Å². The molecule has 1 rings (SSSR count). The third-order valence-corrected chi connectivity index (χ3v) is 2.74. The van der Waals surface area contributed by atoms with E-state index in [0.29, 0.717) is 12.3 Å². The second-order valence-corrected chi connectivity index (χ2v) is 4.00. The number of hydrogen-bond acceptors (Lipinski definition) is 2. The number of carbonyl (C=O) groups excluding carboxylic acids is 1. The van der Waals surface area contributed by atoms with Crippen LogP contribution in [0, 0.1) is 5.92 Å². The van der Waals surface area contributed by atoms with E-state index in [-0.39, 0.29) is 12.5 Å². The van der Waals surface area contributed by atoms with Crippen LogP contribution in [-0.4, -0.2) is 35.5 Å². The zero-order valence-electron chi connectivity index (χ0n) is 8.53. The highest BCUT2D eigenvalue weighted by Gasteiger charge is 2.21. The summed E-state index contributed by atoms with van der Waals surface area (Å²) in [6, 6.07) is 0. The number of carboxylic acids is 1. The molecule has 1 N–H and O–H groups in total. The van der Waals surface area contributed by atoms with Crippen molar-refractivity contribution in [3.05, 3.63) is 0 Å². The molecular formula is C10H17NO3. The first kappa shape index (κ1) is 11.0. The van der Waals surface area contributed by atoms with Gasteiger partial charge in [0, 0.05) is 13.5 Å². The van der Waals surface area contributed by atoms with Crippen LogP contribution in [0.3, 0.4) is 0 Å². The van der Waals surface area contributed by atoms with Crippen molar-refractivity contribution in [3.63, 3.8) is 0 Å². The minimum absolute atomic E-state index is 0.0423. The Morgan fingerprint density at radius 2 is 1.93 bits per heavy atom. The molecule has 14 heavy (non-hydrogen) atoms. The number of carboxylic acid groups (broad SMARTS) is 1. The smallest absolute Gasteiger partial charge is 0.323 e. The number of amides is 1. The third-order valence-electron chi connectivity index (χ3n) is 2.74. The number of carbonyl (C=O) groups is 2. The van der Waals surface area contributed by atoms with E-state index in [1.54, 1.807) is 7.05 Å². The minimum atomic E-state index is -0.952. The van der Waals surface area contributed by atoms with Gasteiger partial charge in [0.2, 0.25) is 5.91 Å². The van der Waals surface area contributed by atoms with Gasteiger partial charge < -0.3 is 10.0 Å². The van der Waals surface area contributed by atoms with Gasteiger partial charge in [0.15, 0.2) is 0 Å². The van der Waals surface area contributed by atoms with Gasteiger partial charge in [0.1, 0.15) is 6.54 Å². The standard InChI is InChI=1S/C10H17NO3/c1-11(7-10(13)14)9(12)6-8-4-2-3-5-8/h8H,2-7H2,1H3,(H,13,14). The summed E-state index contributed by atoms with van der Waals surface area (Å²) >= 11 is 0. The summed E-state index contributed by atoms with van der Waals surface area (Å²) in [6.45, 7) is -0.189. The normalized spacial score (nSPS) is 16.9. The highest BCUT2D eigenvalue weighted by molar-refractivity contribution is 5.81. The molecule has 4 nitrogen and oxygen atoms in total. The third kappa shape index (κ3) is 3.36. The van der Waals surface area contributed by atoms with E-state index in [9.17, 15) is 9.59 Å². The van der Waals surface area contributed by atoms with Gasteiger partial charge in [-0.05, 0) is 18.8 Å². The maximum Gasteiger partial charge on any atom is 0.323 e. The maximum atomic E-state index is 11.5. The Bertz CT molecular complexity index is 221. The largest absolute Gasteiger partial charge is 0.480 e. The highest BCUT2D eigenvalue weighted by Crippen LogP contribution is 2.27. The molecule has 0 radical (unpaired) electrons. The zero-order chi connectivity index (χ0) is 10.6. The first-order valence-electron chi connectivity index (χ1n) is 5.05. The van der Waals surface area contributed by atoms with E-state index < -0.39 is 5.97 Å². The van der Waals surface area contributed by atoms with E-state index in [4.69, 9.17) is 5.11 Å². The molecule has 0 aromatic carbocycles. The van der Waals surface area contributed by atoms with Crippen LogP contribution in [-0.2, 0) is 9.59 Å². The maximum absolute atomic E-state index is 11.5. The zero-order valence-corrected chi connectivity index (χ0v) is 8.53. The van der Waals surface area contributed by atoms with Gasteiger partial charge in [-0.2, -0.15) is 0 Å². The van der Waals surface area contributed by atoms with E-state index in [2.05, 4.69) is 0 Å². The fourth-order valence-corrected chi connectivity index (χ4v) is 1.91. The summed E-state index contributed by atoms with van der Waals surface area (Å²) < 4.78 is 0. The van der Waals surface area contributed by atoms with E-state index >= 15 is 0 Å². The van der Waals surface area contributed by atoms with Crippen LogP contribution in [0.25, 0.3) is 0 Å². The Morgan fingerprint density at radius 1 is 1.36 bits per heavy atom. The second kappa shape index (κ2) is 4.98. The molecule has 1 saturated carbocycles. The molecule has 4 heteroatoms. The first-order chi connectivity index (χ1) is 6.59. The van der Waals surface area contributed by atoms with Gasteiger partial charge in [-0.25, -0.2) is 0 Å². The second-order valence-electron chi connectivity index (χ2n) is 4.00. The summed E-state index contributed by atoms with van der Waals surface area (Å²) in [5.41, 5.74) is 0. The predicted molar refractivity (Wildman–Crippen MR) is 51.8 cm³/mol. The Morgan fingerprint density at radius 3 is 2.43 bits per heavy atom. The van der Waals surface area contributed by atoms with E-state index in [1.165, 1.54) is 17.7 Å². The molecule has 80 valence electrons. The first-order valence-corrected chi connectivity index (χ1v) is 5.05. The minimum Gasteiger partial charge on any atom is -0.480 e. The molecule has 1 fully saturated rings. The monoisotopic (exact) mass is 199 g/mol. The lowest BCUT2D eigenvalue weighted by molar-refractivity contribution is -0.143. The van der Waals surface area contributed by atoms with Crippen LogP contribution in [0.4, 0.5) is 0 Å². The lowest BCUT2D eigenvalue weighted by Crippen LogP contribution is -2.32. The Kier molecular flexibility index (Phi) is 3.92. The molecule has 0 heterocycles. The summed E-state index contributed by atoms with van der Waals surface area (Å²) in [4.78, 5) is 23.1. The summed E-state index contributed by atoms with van der Waals surface area (Å²) in [6.07, 6.45) is 5.17. The SMILES string of the molecule is CN(CC(=O)O)C(=O)CC1CCCC1. The van der Waals surface area contributed by atoms with Crippen molar-refractivity contribution in [3.8, 4) is 0 Å². The van der Waals surface area contributed by atoms with E-state index in [1.807, 2.05) is 0 Å². The van der Waals surface area contributed by atoms with Crippen molar-refractivity contribution in [1.82, 2.24) is 4.90 Å². The van der Waals surface area contributed by atoms with Gasteiger partial charge in [0.05, 0.1) is 0 Å². The summed E-state index contributed by atoms with van der Waals surface area (Å²) in [5, 5.41) is 8.50. The van der Waals surface area contributed by atoms with Crippen molar-refractivity contribution >= 4 is 11.9 Å². The van der Waals surface area contributed by atoms with Crippen molar-refractivity contribution < 1.29 is 14.7 Å². The summed E-state index contributed by atoms with van der Waals surface area (Å²) in [5.74, 6) is -0.509. The number of nitrogens with zero attached hydrogens (tertiary/aromatic N) is 1. The molecule has 1 aliphatic rings. The lowest BCUT2D eigenvalue weighted by Gasteiger charge is -2.16. The average Bonchev–Trinajstić information content (AvgIpc) is 2.55. The van der Waals surface area contributed by atoms with Crippen molar-refractivity contribution in [2.75, 3.05) is 13.6 Å². The van der Waals surface area contributed by atoms with Gasteiger partial charge in [0.25, 0.3) is 0 Å². The molecule has 0 aromatic heterocycles. The average molecular weight is 199 g/mol. The molecule has 0 aromatic rings. The molecule has 0 saturated heterocycles. The molecule has 0 atom stereocenters. The van der Waals surface area contributed by atoms with Gasteiger partial charge in [-0.15, -0.1) is 0 Å². The molecule has 0 bridgehead atoms. The quantitative estimate of drug-likeness (QED) is 0.737. The van der Waals surface area contributed by atoms with Crippen LogP contribution < -0.4 is 0 Å². The van der Waals surface area contributed by atoms with Crippen molar-refractivity contribution in [2.45, 2.75) is 32.1 Å². The van der Waals surface area contributed by atoms with Crippen LogP contribution in [0.2, 0.25) is 0 Å². The van der Waals surface area contributed by atoms with Crippen LogP contribution >= 0.6 is 0 Å². The van der Waals surface area contributed by atoms with E-state index in [0.717, 1.165) is 12.8 Å². The van der Waals surface area contributed by atoms with Crippen molar-refractivity contribution in [1.29, 1.82) is 0 Å². The molecule has 0 spiro atoms. The van der Waals surface area contributed by atoms with Gasteiger partial charge in [-0.3, -0.25) is 9.59 Å². The number of aliphatic carboxylic acids is 1. The van der Waals surface area contributed by atoms with Crippen LogP contribution in [0.1, 0.15) is 32.1 Å². The number of likely N-dealkylation sites (N-methyl/N-ethyl adjacent to an activating group) is 1. The molecular weight excluding hydrogens is 182 g/mol. The van der Waals surface area contributed by atoms with Crippen molar-refractivity contribution in [2.24, 2.45) is 5.92 Å². The molecule has 1 amide bonds. The highest BCUT2D eigenvalue weighted by atomic mass is 16.4.